The highest BCUT2D eigenvalue weighted by atomic mass is 32.2. The van der Waals surface area contributed by atoms with Crippen LogP contribution in [0.15, 0.2) is 24.3 Å². The summed E-state index contributed by atoms with van der Waals surface area (Å²) in [7, 11) is -3.09. The first-order valence-electron chi connectivity index (χ1n) is 11.1. The molecule has 0 saturated carbocycles. The van der Waals surface area contributed by atoms with Gasteiger partial charge in [-0.1, -0.05) is 6.92 Å². The van der Waals surface area contributed by atoms with Gasteiger partial charge in [-0.05, 0) is 68.4 Å². The molecule has 1 aliphatic heterocycles. The standard InChI is InChI=1S/C23H28N2O5S2/c1-2-12-30-17-9-7-15(8-10-17)21(26)25-23-20(18-5-3-4-6-19(18)31-23)22(27)24-16-11-13-32(28,29)14-16/h7-10,16H,2-6,11-14H2,1H3,(H,24,27)(H,25,26). The molecule has 1 fully saturated rings. The predicted octanol–water partition coefficient (Wildman–Crippen LogP) is 3.58. The first-order chi connectivity index (χ1) is 15.4. The number of hydrogen-bond donors (Lipinski definition) is 2. The van der Waals surface area contributed by atoms with E-state index in [1.165, 1.54) is 11.3 Å². The molecule has 7 nitrogen and oxygen atoms in total. The Bertz CT molecular complexity index is 1110. The number of aryl methyl sites for hydroxylation is 1. The van der Waals surface area contributed by atoms with Crippen molar-refractivity contribution in [2.45, 2.75) is 51.5 Å². The maximum Gasteiger partial charge on any atom is 0.256 e. The molecule has 1 aromatic heterocycles. The summed E-state index contributed by atoms with van der Waals surface area (Å²) in [6.07, 6.45) is 5.06. The van der Waals surface area contributed by atoms with Crippen molar-refractivity contribution >= 4 is 38.0 Å². The van der Waals surface area contributed by atoms with E-state index in [-0.39, 0.29) is 29.4 Å². The highest BCUT2D eigenvalue weighted by Gasteiger charge is 2.32. The average Bonchev–Trinajstić information content (AvgIpc) is 3.31. The zero-order chi connectivity index (χ0) is 22.7. The maximum absolute atomic E-state index is 13.2. The number of nitrogens with one attached hydrogen (secondary N) is 2. The molecule has 2 heterocycles. The molecular formula is C23H28N2O5S2. The van der Waals surface area contributed by atoms with Crippen LogP contribution in [0.5, 0.6) is 5.75 Å². The second kappa shape index (κ2) is 9.62. The third-order valence-electron chi connectivity index (χ3n) is 5.78. The van der Waals surface area contributed by atoms with Crippen molar-refractivity contribution in [2.24, 2.45) is 0 Å². The summed E-state index contributed by atoms with van der Waals surface area (Å²) in [6.45, 7) is 2.65. The highest BCUT2D eigenvalue weighted by Crippen LogP contribution is 2.38. The first kappa shape index (κ1) is 22.8. The Hall–Kier alpha value is -2.39. The summed E-state index contributed by atoms with van der Waals surface area (Å²) in [4.78, 5) is 27.2. The lowest BCUT2D eigenvalue weighted by Gasteiger charge is -2.15. The third-order valence-corrected chi connectivity index (χ3v) is 8.76. The number of hydrogen-bond acceptors (Lipinski definition) is 6. The number of ether oxygens (including phenoxy) is 1. The number of fused-ring (bicyclic) bond motifs is 1. The molecule has 1 unspecified atom stereocenters. The molecular weight excluding hydrogens is 448 g/mol. The number of thiophene rings is 1. The molecule has 172 valence electrons. The van der Waals surface area contributed by atoms with Gasteiger partial charge in [0.25, 0.3) is 11.8 Å². The van der Waals surface area contributed by atoms with Gasteiger partial charge in [0.05, 0.1) is 23.7 Å². The Labute approximate surface area is 192 Å². The molecule has 1 aromatic carbocycles. The van der Waals surface area contributed by atoms with Crippen LogP contribution in [0, 0.1) is 0 Å². The largest absolute Gasteiger partial charge is 0.494 e. The highest BCUT2D eigenvalue weighted by molar-refractivity contribution is 7.91. The van der Waals surface area contributed by atoms with Crippen molar-refractivity contribution in [3.05, 3.63) is 45.8 Å². The number of rotatable bonds is 7. The minimum atomic E-state index is -3.09. The number of amides is 2. The summed E-state index contributed by atoms with van der Waals surface area (Å²) in [5.74, 6) is 0.190. The summed E-state index contributed by atoms with van der Waals surface area (Å²) in [5, 5.41) is 6.35. The molecule has 0 bridgehead atoms. The van der Waals surface area contributed by atoms with Crippen molar-refractivity contribution in [3.63, 3.8) is 0 Å². The lowest BCUT2D eigenvalue weighted by atomic mass is 9.95. The molecule has 2 aliphatic rings. The minimum Gasteiger partial charge on any atom is -0.494 e. The van der Waals surface area contributed by atoms with E-state index < -0.39 is 9.84 Å². The van der Waals surface area contributed by atoms with E-state index in [1.54, 1.807) is 24.3 Å². The minimum absolute atomic E-state index is 0.0286. The zero-order valence-corrected chi connectivity index (χ0v) is 19.7. The number of benzene rings is 1. The quantitative estimate of drug-likeness (QED) is 0.636. The van der Waals surface area contributed by atoms with Gasteiger partial charge in [-0.3, -0.25) is 9.59 Å². The second-order valence-corrected chi connectivity index (χ2v) is 11.6. The van der Waals surface area contributed by atoms with Crippen molar-refractivity contribution in [1.29, 1.82) is 0 Å². The smallest absolute Gasteiger partial charge is 0.256 e. The number of sulfone groups is 1. The van der Waals surface area contributed by atoms with Gasteiger partial charge in [0.1, 0.15) is 10.8 Å². The molecule has 2 amide bonds. The number of anilines is 1. The number of carbonyl (C=O) groups excluding carboxylic acids is 2. The Balaban J connectivity index is 1.53. The molecule has 1 saturated heterocycles. The molecule has 1 atom stereocenters. The van der Waals surface area contributed by atoms with E-state index in [0.717, 1.165) is 42.5 Å². The fourth-order valence-electron chi connectivity index (χ4n) is 4.16. The molecule has 0 spiro atoms. The van der Waals surface area contributed by atoms with Crippen LogP contribution >= 0.6 is 11.3 Å². The van der Waals surface area contributed by atoms with Gasteiger partial charge in [0, 0.05) is 16.5 Å². The van der Waals surface area contributed by atoms with Gasteiger partial charge in [0.15, 0.2) is 9.84 Å². The fraction of sp³-hybridized carbons (Fsp3) is 0.478. The average molecular weight is 477 g/mol. The Morgan fingerprint density at radius 3 is 2.56 bits per heavy atom. The van der Waals surface area contributed by atoms with Crippen LogP contribution in [0.4, 0.5) is 5.00 Å². The lowest BCUT2D eigenvalue weighted by Crippen LogP contribution is -2.36. The monoisotopic (exact) mass is 476 g/mol. The van der Waals surface area contributed by atoms with Gasteiger partial charge in [0.2, 0.25) is 0 Å². The maximum atomic E-state index is 13.2. The van der Waals surface area contributed by atoms with Gasteiger partial charge in [-0.2, -0.15) is 0 Å². The Kier molecular flexibility index (Phi) is 6.85. The topological polar surface area (TPSA) is 102 Å². The van der Waals surface area contributed by atoms with Crippen LogP contribution in [0.25, 0.3) is 0 Å². The van der Waals surface area contributed by atoms with E-state index in [2.05, 4.69) is 10.6 Å². The first-order valence-corrected chi connectivity index (χ1v) is 13.7. The van der Waals surface area contributed by atoms with E-state index in [0.29, 0.717) is 34.9 Å². The van der Waals surface area contributed by atoms with Gasteiger partial charge < -0.3 is 15.4 Å². The molecule has 32 heavy (non-hydrogen) atoms. The van der Waals surface area contributed by atoms with Crippen molar-refractivity contribution in [1.82, 2.24) is 5.32 Å². The molecule has 2 N–H and O–H groups in total. The van der Waals surface area contributed by atoms with Crippen LogP contribution in [0.3, 0.4) is 0 Å². The Morgan fingerprint density at radius 1 is 1.12 bits per heavy atom. The van der Waals surface area contributed by atoms with Crippen LogP contribution in [0.1, 0.15) is 63.8 Å². The molecule has 9 heteroatoms. The lowest BCUT2D eigenvalue weighted by molar-refractivity contribution is 0.0941. The fourth-order valence-corrected chi connectivity index (χ4v) is 7.11. The van der Waals surface area contributed by atoms with Gasteiger partial charge >= 0.3 is 0 Å². The van der Waals surface area contributed by atoms with E-state index in [1.807, 2.05) is 6.92 Å². The SMILES string of the molecule is CCCOc1ccc(C(=O)Nc2sc3c(c2C(=O)NC2CCS(=O)(=O)C2)CCCC3)cc1. The van der Waals surface area contributed by atoms with Gasteiger partial charge in [-0.25, -0.2) is 8.42 Å². The van der Waals surface area contributed by atoms with Crippen LogP contribution in [0.2, 0.25) is 0 Å². The summed E-state index contributed by atoms with van der Waals surface area (Å²) in [6, 6.07) is 6.55. The number of carbonyl (C=O) groups is 2. The molecule has 4 rings (SSSR count). The van der Waals surface area contributed by atoms with Crippen molar-refractivity contribution in [2.75, 3.05) is 23.4 Å². The van der Waals surface area contributed by atoms with Gasteiger partial charge in [-0.15, -0.1) is 11.3 Å². The third kappa shape index (κ3) is 5.15. The predicted molar refractivity (Wildman–Crippen MR) is 126 cm³/mol. The zero-order valence-electron chi connectivity index (χ0n) is 18.1. The van der Waals surface area contributed by atoms with Crippen LogP contribution in [-0.4, -0.2) is 44.4 Å². The van der Waals surface area contributed by atoms with E-state index in [4.69, 9.17) is 4.74 Å². The van der Waals surface area contributed by atoms with Crippen molar-refractivity contribution < 1.29 is 22.7 Å². The normalized spacial score (nSPS) is 19.2. The summed E-state index contributed by atoms with van der Waals surface area (Å²) >= 11 is 1.45. The molecule has 0 radical (unpaired) electrons. The second-order valence-electron chi connectivity index (χ2n) is 8.32. The molecule has 2 aromatic rings. The van der Waals surface area contributed by atoms with E-state index >= 15 is 0 Å². The molecule has 1 aliphatic carbocycles. The van der Waals surface area contributed by atoms with Crippen LogP contribution in [-0.2, 0) is 22.7 Å². The Morgan fingerprint density at radius 2 is 1.88 bits per heavy atom. The summed E-state index contributed by atoms with van der Waals surface area (Å²) < 4.78 is 29.1. The summed E-state index contributed by atoms with van der Waals surface area (Å²) in [5.41, 5.74) is 1.96. The van der Waals surface area contributed by atoms with Crippen molar-refractivity contribution in [3.8, 4) is 5.75 Å². The van der Waals surface area contributed by atoms with Crippen LogP contribution < -0.4 is 15.4 Å². The van der Waals surface area contributed by atoms with E-state index in [9.17, 15) is 18.0 Å².